The molecule has 0 aliphatic rings. The van der Waals surface area contributed by atoms with E-state index >= 15 is 0 Å². The molecule has 0 amide bonds. The lowest BCUT2D eigenvalue weighted by Gasteiger charge is -2.06. The monoisotopic (exact) mass is 233 g/mol. The van der Waals surface area contributed by atoms with Crippen molar-refractivity contribution in [3.05, 3.63) is 36.0 Å². The van der Waals surface area contributed by atoms with E-state index in [9.17, 15) is 4.79 Å². The van der Waals surface area contributed by atoms with Gasteiger partial charge >= 0.3 is 0 Å². The van der Waals surface area contributed by atoms with E-state index in [4.69, 9.17) is 9.84 Å². The Hall–Kier alpha value is -1.65. The first-order chi connectivity index (χ1) is 8.35. The second-order valence-corrected chi connectivity index (χ2v) is 3.78. The summed E-state index contributed by atoms with van der Waals surface area (Å²) in [6.07, 6.45) is 2.82. The molecule has 0 bridgehead atoms. The van der Waals surface area contributed by atoms with E-state index in [0.29, 0.717) is 18.8 Å². The largest absolute Gasteiger partial charge is 0.394 e. The van der Waals surface area contributed by atoms with Gasteiger partial charge in [-0.2, -0.15) is 0 Å². The Labute approximate surface area is 99.4 Å². The van der Waals surface area contributed by atoms with Crippen molar-refractivity contribution in [3.8, 4) is 0 Å². The topological polar surface area (TPSA) is 51.5 Å². The van der Waals surface area contributed by atoms with E-state index in [1.807, 2.05) is 24.4 Å². The molecule has 4 nitrogen and oxygen atoms in total. The fourth-order valence-electron chi connectivity index (χ4n) is 1.82. The van der Waals surface area contributed by atoms with Gasteiger partial charge in [-0.25, -0.2) is 0 Å². The number of carbonyl (C=O) groups excluding carboxylic acids is 1. The predicted molar refractivity (Wildman–Crippen MR) is 65.2 cm³/mol. The summed E-state index contributed by atoms with van der Waals surface area (Å²) in [5, 5.41) is 9.64. The number of hydrogen-bond acceptors (Lipinski definition) is 3. The van der Waals surface area contributed by atoms with Gasteiger partial charge in [0.05, 0.1) is 19.8 Å². The molecule has 0 unspecified atom stereocenters. The van der Waals surface area contributed by atoms with Crippen LogP contribution in [0.15, 0.2) is 30.5 Å². The molecule has 1 aromatic heterocycles. The van der Waals surface area contributed by atoms with Crippen molar-refractivity contribution in [3.63, 3.8) is 0 Å². The molecule has 0 atom stereocenters. The van der Waals surface area contributed by atoms with Crippen molar-refractivity contribution in [2.24, 2.45) is 0 Å². The first kappa shape index (κ1) is 11.8. The van der Waals surface area contributed by atoms with Crippen LogP contribution in [0.5, 0.6) is 0 Å². The van der Waals surface area contributed by atoms with Crippen LogP contribution in [0.4, 0.5) is 0 Å². The maximum Gasteiger partial charge on any atom is 0.150 e. The van der Waals surface area contributed by atoms with Crippen molar-refractivity contribution in [2.45, 2.75) is 6.54 Å². The molecule has 0 radical (unpaired) electrons. The van der Waals surface area contributed by atoms with Gasteiger partial charge in [0.25, 0.3) is 0 Å². The number of aldehydes is 1. The van der Waals surface area contributed by atoms with Crippen LogP contribution < -0.4 is 0 Å². The van der Waals surface area contributed by atoms with Crippen LogP contribution in [0.25, 0.3) is 10.9 Å². The Morgan fingerprint density at radius 3 is 2.94 bits per heavy atom. The molecule has 2 aromatic rings. The maximum absolute atomic E-state index is 10.7. The van der Waals surface area contributed by atoms with Crippen LogP contribution in [0.2, 0.25) is 0 Å². The lowest BCUT2D eigenvalue weighted by atomic mass is 10.2. The standard InChI is InChI=1S/C13H15NO3/c15-6-8-17-7-5-14-4-3-12-9-11(10-16)1-2-13(12)14/h1-4,9-10,15H,5-8H2. The van der Waals surface area contributed by atoms with Gasteiger partial charge in [-0.1, -0.05) is 0 Å². The zero-order valence-electron chi connectivity index (χ0n) is 9.50. The molecule has 0 aliphatic heterocycles. The van der Waals surface area contributed by atoms with Crippen LogP contribution in [0, 0.1) is 0 Å². The van der Waals surface area contributed by atoms with Crippen LogP contribution in [0.1, 0.15) is 10.4 Å². The molecule has 0 spiro atoms. The summed E-state index contributed by atoms with van der Waals surface area (Å²) < 4.78 is 7.29. The molecule has 0 fully saturated rings. The second kappa shape index (κ2) is 5.61. The van der Waals surface area contributed by atoms with E-state index in [-0.39, 0.29) is 6.61 Å². The van der Waals surface area contributed by atoms with Crippen LogP contribution in [0.3, 0.4) is 0 Å². The first-order valence-electron chi connectivity index (χ1n) is 5.58. The van der Waals surface area contributed by atoms with Crippen molar-refractivity contribution in [1.82, 2.24) is 4.57 Å². The summed E-state index contributed by atoms with van der Waals surface area (Å²) in [6, 6.07) is 7.59. The van der Waals surface area contributed by atoms with Crippen LogP contribution >= 0.6 is 0 Å². The maximum atomic E-state index is 10.7. The van der Waals surface area contributed by atoms with Gasteiger partial charge < -0.3 is 14.4 Å². The highest BCUT2D eigenvalue weighted by atomic mass is 16.5. The van der Waals surface area contributed by atoms with Gasteiger partial charge in [-0.05, 0) is 24.3 Å². The summed E-state index contributed by atoms with van der Waals surface area (Å²) in [5.41, 5.74) is 1.77. The van der Waals surface area contributed by atoms with Crippen LogP contribution in [-0.4, -0.2) is 35.8 Å². The Bertz CT molecular complexity index is 504. The van der Waals surface area contributed by atoms with Gasteiger partial charge in [0.15, 0.2) is 0 Å². The molecule has 2 rings (SSSR count). The fourth-order valence-corrected chi connectivity index (χ4v) is 1.82. The Morgan fingerprint density at radius 2 is 2.18 bits per heavy atom. The third-order valence-corrected chi connectivity index (χ3v) is 2.64. The minimum Gasteiger partial charge on any atom is -0.394 e. The fraction of sp³-hybridized carbons (Fsp3) is 0.308. The number of rotatable bonds is 6. The van der Waals surface area contributed by atoms with E-state index in [0.717, 1.165) is 23.7 Å². The number of aromatic nitrogens is 1. The smallest absolute Gasteiger partial charge is 0.150 e. The summed E-state index contributed by atoms with van der Waals surface area (Å²) in [6.45, 7) is 1.73. The zero-order valence-corrected chi connectivity index (χ0v) is 9.50. The first-order valence-corrected chi connectivity index (χ1v) is 5.58. The highest BCUT2D eigenvalue weighted by molar-refractivity contribution is 5.87. The number of benzene rings is 1. The van der Waals surface area contributed by atoms with E-state index in [1.54, 1.807) is 6.07 Å². The van der Waals surface area contributed by atoms with Crippen molar-refractivity contribution < 1.29 is 14.6 Å². The molecule has 1 heterocycles. The molecule has 4 heteroatoms. The van der Waals surface area contributed by atoms with Gasteiger partial charge in [0, 0.05) is 29.2 Å². The summed E-state index contributed by atoms with van der Waals surface area (Å²) in [5.74, 6) is 0. The van der Waals surface area contributed by atoms with Crippen molar-refractivity contribution >= 4 is 17.2 Å². The van der Waals surface area contributed by atoms with E-state index < -0.39 is 0 Å². The average molecular weight is 233 g/mol. The molecule has 0 aliphatic carbocycles. The highest BCUT2D eigenvalue weighted by Crippen LogP contribution is 2.16. The average Bonchev–Trinajstić information content (AvgIpc) is 2.77. The van der Waals surface area contributed by atoms with Gasteiger partial charge in [-0.15, -0.1) is 0 Å². The number of hydrogen-bond donors (Lipinski definition) is 1. The number of aliphatic hydroxyl groups is 1. The summed E-state index contributed by atoms with van der Waals surface area (Å²) >= 11 is 0. The summed E-state index contributed by atoms with van der Waals surface area (Å²) in [4.78, 5) is 10.7. The summed E-state index contributed by atoms with van der Waals surface area (Å²) in [7, 11) is 0. The van der Waals surface area contributed by atoms with Crippen LogP contribution in [-0.2, 0) is 11.3 Å². The molecule has 17 heavy (non-hydrogen) atoms. The quantitative estimate of drug-likeness (QED) is 0.607. The number of carbonyl (C=O) groups is 1. The molecular weight excluding hydrogens is 218 g/mol. The van der Waals surface area contributed by atoms with Gasteiger partial charge in [-0.3, -0.25) is 4.79 Å². The van der Waals surface area contributed by atoms with Crippen molar-refractivity contribution in [1.29, 1.82) is 0 Å². The third kappa shape index (κ3) is 2.72. The van der Waals surface area contributed by atoms with Crippen molar-refractivity contribution in [2.75, 3.05) is 19.8 Å². The number of nitrogens with zero attached hydrogens (tertiary/aromatic N) is 1. The molecule has 1 N–H and O–H groups in total. The highest BCUT2D eigenvalue weighted by Gasteiger charge is 2.01. The number of ether oxygens (including phenoxy) is 1. The molecular formula is C13H15NO3. The third-order valence-electron chi connectivity index (χ3n) is 2.64. The molecule has 0 saturated heterocycles. The number of fused-ring (bicyclic) bond motifs is 1. The number of aliphatic hydroxyl groups excluding tert-OH is 1. The van der Waals surface area contributed by atoms with E-state index in [2.05, 4.69) is 4.57 Å². The van der Waals surface area contributed by atoms with Gasteiger partial charge in [0.1, 0.15) is 6.29 Å². The SMILES string of the molecule is O=Cc1ccc2c(ccn2CCOCCO)c1. The minimum atomic E-state index is 0.0507. The normalized spacial score (nSPS) is 10.9. The minimum absolute atomic E-state index is 0.0507. The lowest BCUT2D eigenvalue weighted by Crippen LogP contribution is -2.07. The molecule has 90 valence electrons. The van der Waals surface area contributed by atoms with E-state index in [1.165, 1.54) is 0 Å². The molecule has 1 aromatic carbocycles. The lowest BCUT2D eigenvalue weighted by molar-refractivity contribution is 0.0875. The Balaban J connectivity index is 2.10. The Kier molecular flexibility index (Phi) is 3.90. The second-order valence-electron chi connectivity index (χ2n) is 3.78. The zero-order chi connectivity index (χ0) is 12.1. The Morgan fingerprint density at radius 1 is 1.29 bits per heavy atom. The predicted octanol–water partition coefficient (Wildman–Crippen LogP) is 1.46. The molecule has 0 saturated carbocycles. The van der Waals surface area contributed by atoms with Gasteiger partial charge in [0.2, 0.25) is 0 Å².